The number of halogens is 2. The molecule has 1 aliphatic rings. The van der Waals surface area contributed by atoms with Crippen LogP contribution in [0.1, 0.15) is 57.4 Å². The molecule has 9 nitrogen and oxygen atoms in total. The lowest BCUT2D eigenvalue weighted by Gasteiger charge is -2.30. The molecule has 39 heavy (non-hydrogen) atoms. The lowest BCUT2D eigenvalue weighted by atomic mass is 9.95. The van der Waals surface area contributed by atoms with Crippen molar-refractivity contribution in [3.8, 4) is 0 Å². The molecule has 2 aromatic heterocycles. The smallest absolute Gasteiger partial charge is 0.326 e. The second-order valence-electron chi connectivity index (χ2n) is 9.81. The van der Waals surface area contributed by atoms with E-state index < -0.39 is 17.9 Å². The number of nitrogens with zero attached hydrogens (tertiary/aromatic N) is 3. The van der Waals surface area contributed by atoms with Crippen molar-refractivity contribution in [1.82, 2.24) is 19.8 Å². The number of amides is 2. The molecule has 0 fully saturated rings. The number of carboxylic acid groups (broad SMARTS) is 1. The van der Waals surface area contributed by atoms with Crippen molar-refractivity contribution in [2.75, 3.05) is 6.54 Å². The highest BCUT2D eigenvalue weighted by molar-refractivity contribution is 6.40. The molecule has 0 saturated heterocycles. The van der Waals surface area contributed by atoms with E-state index in [2.05, 4.69) is 10.3 Å². The molecule has 2 aromatic carbocycles. The minimum Gasteiger partial charge on any atom is -0.480 e. The van der Waals surface area contributed by atoms with E-state index in [9.17, 15) is 19.5 Å². The molecule has 202 valence electrons. The summed E-state index contributed by atoms with van der Waals surface area (Å²) in [6.45, 7) is 4.62. The van der Waals surface area contributed by atoms with Crippen molar-refractivity contribution in [1.29, 1.82) is 0 Å². The highest BCUT2D eigenvalue weighted by atomic mass is 35.5. The van der Waals surface area contributed by atoms with Crippen LogP contribution in [0.4, 0.5) is 0 Å². The van der Waals surface area contributed by atoms with Gasteiger partial charge in [0.1, 0.15) is 11.6 Å². The molecule has 0 bridgehead atoms. The normalized spacial score (nSPS) is 13.9. The van der Waals surface area contributed by atoms with Gasteiger partial charge in [0.15, 0.2) is 0 Å². The SMILES string of the molecule is CC(C)n1cnc(C[C@H](NC(=O)c2c(Cl)cc3c(c2Cl)CCN(C(=O)c2ccc4ccoc4c2)C3)C(=O)O)c1. The van der Waals surface area contributed by atoms with Crippen molar-refractivity contribution in [3.05, 3.63) is 87.1 Å². The maximum atomic E-state index is 13.2. The average molecular weight is 569 g/mol. The van der Waals surface area contributed by atoms with Crippen LogP contribution in [0.3, 0.4) is 0 Å². The van der Waals surface area contributed by atoms with Gasteiger partial charge < -0.3 is 24.3 Å². The van der Waals surface area contributed by atoms with Crippen molar-refractivity contribution >= 4 is 52.0 Å². The Bertz CT molecular complexity index is 1590. The van der Waals surface area contributed by atoms with Crippen molar-refractivity contribution < 1.29 is 23.9 Å². The van der Waals surface area contributed by atoms with Gasteiger partial charge in [-0.15, -0.1) is 0 Å². The predicted octanol–water partition coefficient (Wildman–Crippen LogP) is 5.14. The number of rotatable bonds is 7. The number of benzene rings is 2. The predicted molar refractivity (Wildman–Crippen MR) is 146 cm³/mol. The molecular weight excluding hydrogens is 543 g/mol. The fourth-order valence-corrected chi connectivity index (χ4v) is 5.47. The van der Waals surface area contributed by atoms with Gasteiger partial charge in [0.05, 0.1) is 33.9 Å². The summed E-state index contributed by atoms with van der Waals surface area (Å²) in [6, 6.07) is 7.70. The van der Waals surface area contributed by atoms with Gasteiger partial charge in [0, 0.05) is 42.7 Å². The Kier molecular flexibility index (Phi) is 7.38. The summed E-state index contributed by atoms with van der Waals surface area (Å²) in [5, 5.41) is 13.4. The molecule has 1 atom stereocenters. The largest absolute Gasteiger partial charge is 0.480 e. The van der Waals surface area contributed by atoms with E-state index in [1.165, 1.54) is 0 Å². The zero-order valence-electron chi connectivity index (χ0n) is 21.3. The van der Waals surface area contributed by atoms with E-state index in [4.69, 9.17) is 27.6 Å². The van der Waals surface area contributed by atoms with Crippen LogP contribution in [0.2, 0.25) is 10.0 Å². The lowest BCUT2D eigenvalue weighted by molar-refractivity contribution is -0.139. The standard InChI is InChI=1S/C28H26Cl2N4O5/c1-15(2)34-13-19(31-14-34)11-22(28(37)38)32-26(35)24-21(29)9-18-12-33(7-5-20(18)25(24)30)27(36)17-4-3-16-6-8-39-23(16)10-17/h3-4,6,8-10,13-15,22H,5,7,11-12H2,1-2H3,(H,32,35)(H,37,38)/t22-/m0/s1. The van der Waals surface area contributed by atoms with Crippen molar-refractivity contribution in [2.24, 2.45) is 0 Å². The van der Waals surface area contributed by atoms with Gasteiger partial charge in [-0.3, -0.25) is 9.59 Å². The van der Waals surface area contributed by atoms with E-state index in [1.807, 2.05) is 30.5 Å². The van der Waals surface area contributed by atoms with Crippen molar-refractivity contribution in [3.63, 3.8) is 0 Å². The minimum absolute atomic E-state index is 0.00183. The first kappa shape index (κ1) is 26.8. The van der Waals surface area contributed by atoms with E-state index in [1.54, 1.807) is 41.9 Å². The first-order chi connectivity index (χ1) is 18.6. The van der Waals surface area contributed by atoms with Gasteiger partial charge in [-0.1, -0.05) is 29.3 Å². The molecule has 11 heteroatoms. The molecule has 5 rings (SSSR count). The number of hydrogen-bond acceptors (Lipinski definition) is 5. The quantitative estimate of drug-likeness (QED) is 0.318. The molecular formula is C28H26Cl2N4O5. The van der Waals surface area contributed by atoms with Crippen LogP contribution < -0.4 is 5.32 Å². The second-order valence-corrected chi connectivity index (χ2v) is 10.6. The van der Waals surface area contributed by atoms with Gasteiger partial charge in [-0.25, -0.2) is 9.78 Å². The summed E-state index contributed by atoms with van der Waals surface area (Å²) in [7, 11) is 0. The topological polar surface area (TPSA) is 118 Å². The van der Waals surface area contributed by atoms with Crippen LogP contribution >= 0.6 is 23.2 Å². The Morgan fingerprint density at radius 1 is 1.18 bits per heavy atom. The molecule has 0 unspecified atom stereocenters. The molecule has 2 N–H and O–H groups in total. The number of aromatic nitrogens is 2. The summed E-state index contributed by atoms with van der Waals surface area (Å²) < 4.78 is 7.28. The van der Waals surface area contributed by atoms with Gasteiger partial charge in [-0.05, 0) is 55.7 Å². The fourth-order valence-electron chi connectivity index (χ4n) is 4.71. The molecule has 0 spiro atoms. The number of carbonyl (C=O) groups excluding carboxylic acids is 2. The van der Waals surface area contributed by atoms with E-state index in [0.717, 1.165) is 10.9 Å². The number of imidazole rings is 1. The van der Waals surface area contributed by atoms with E-state index >= 15 is 0 Å². The Morgan fingerprint density at radius 2 is 1.97 bits per heavy atom. The third kappa shape index (κ3) is 5.37. The first-order valence-corrected chi connectivity index (χ1v) is 13.2. The molecule has 0 aliphatic carbocycles. The highest BCUT2D eigenvalue weighted by Crippen LogP contribution is 2.35. The highest BCUT2D eigenvalue weighted by Gasteiger charge is 2.30. The number of hydrogen-bond donors (Lipinski definition) is 2. The molecule has 4 aromatic rings. The van der Waals surface area contributed by atoms with Gasteiger partial charge >= 0.3 is 5.97 Å². The summed E-state index contributed by atoms with van der Waals surface area (Å²) in [5.41, 5.74) is 3.13. The van der Waals surface area contributed by atoms with Crippen LogP contribution in [0.25, 0.3) is 11.0 Å². The summed E-state index contributed by atoms with van der Waals surface area (Å²) in [5.74, 6) is -2.04. The molecule has 3 heterocycles. The Labute approximate surface area is 234 Å². The molecule has 2 amide bonds. The van der Waals surface area contributed by atoms with Crippen molar-refractivity contribution in [2.45, 2.75) is 45.3 Å². The second kappa shape index (κ2) is 10.7. The Morgan fingerprint density at radius 3 is 2.69 bits per heavy atom. The zero-order chi connectivity index (χ0) is 27.8. The molecule has 1 aliphatic heterocycles. The van der Waals surface area contributed by atoms with Crippen LogP contribution in [-0.2, 0) is 24.2 Å². The maximum absolute atomic E-state index is 13.2. The zero-order valence-corrected chi connectivity index (χ0v) is 22.8. The number of carboxylic acids is 1. The number of fused-ring (bicyclic) bond motifs is 2. The number of aliphatic carboxylic acids is 1. The van der Waals surface area contributed by atoms with Crippen LogP contribution in [-0.4, -0.2) is 49.9 Å². The monoisotopic (exact) mass is 568 g/mol. The minimum atomic E-state index is -1.23. The first-order valence-electron chi connectivity index (χ1n) is 12.4. The summed E-state index contributed by atoms with van der Waals surface area (Å²) >= 11 is 13.2. The lowest BCUT2D eigenvalue weighted by Crippen LogP contribution is -2.43. The third-order valence-corrected chi connectivity index (χ3v) is 7.61. The van der Waals surface area contributed by atoms with Crippen LogP contribution in [0.15, 0.2) is 53.5 Å². The van der Waals surface area contributed by atoms with Gasteiger partial charge in [0.2, 0.25) is 0 Å². The third-order valence-electron chi connectivity index (χ3n) is 6.89. The number of nitrogens with one attached hydrogen (secondary N) is 1. The van der Waals surface area contributed by atoms with Gasteiger partial charge in [-0.2, -0.15) is 0 Å². The fraction of sp³-hybridized carbons (Fsp3) is 0.286. The Balaban J connectivity index is 1.33. The average Bonchev–Trinajstić information content (AvgIpc) is 3.56. The van der Waals surface area contributed by atoms with Crippen LogP contribution in [0.5, 0.6) is 0 Å². The maximum Gasteiger partial charge on any atom is 0.326 e. The van der Waals surface area contributed by atoms with E-state index in [-0.39, 0.29) is 40.5 Å². The van der Waals surface area contributed by atoms with Gasteiger partial charge in [0.25, 0.3) is 11.8 Å². The Hall–Kier alpha value is -3.82. The van der Waals surface area contributed by atoms with Crippen LogP contribution in [0, 0.1) is 0 Å². The molecule has 0 radical (unpaired) electrons. The van der Waals surface area contributed by atoms with E-state index in [0.29, 0.717) is 35.4 Å². The summed E-state index contributed by atoms with van der Waals surface area (Å²) in [6.07, 6.45) is 5.37. The number of furan rings is 1. The number of carbonyl (C=O) groups is 3. The molecule has 0 saturated carbocycles. The summed E-state index contributed by atoms with van der Waals surface area (Å²) in [4.78, 5) is 44.2.